The van der Waals surface area contributed by atoms with E-state index < -0.39 is 0 Å². The average Bonchev–Trinajstić information content (AvgIpc) is 3.35. The maximum Gasteiger partial charge on any atom is 0.255 e. The summed E-state index contributed by atoms with van der Waals surface area (Å²) in [5, 5.41) is 3.40. The molecule has 2 aromatic heterocycles. The van der Waals surface area contributed by atoms with E-state index in [4.69, 9.17) is 20.8 Å². The molecule has 0 saturated carbocycles. The van der Waals surface area contributed by atoms with Crippen LogP contribution in [-0.4, -0.2) is 43.1 Å². The van der Waals surface area contributed by atoms with Gasteiger partial charge in [0.2, 0.25) is 0 Å². The first-order valence-electron chi connectivity index (χ1n) is 8.50. The number of halogens is 1. The Hall–Kier alpha value is -2.70. The molecule has 142 valence electrons. The van der Waals surface area contributed by atoms with Gasteiger partial charge >= 0.3 is 0 Å². The Balaban J connectivity index is 1.81. The summed E-state index contributed by atoms with van der Waals surface area (Å²) < 4.78 is 12.8. The van der Waals surface area contributed by atoms with Crippen molar-refractivity contribution in [2.75, 3.05) is 27.7 Å². The number of methoxy groups -OCH3 is 1. The van der Waals surface area contributed by atoms with Crippen LogP contribution in [0, 0.1) is 0 Å². The second kappa shape index (κ2) is 8.33. The van der Waals surface area contributed by atoms with Gasteiger partial charge in [-0.2, -0.15) is 0 Å². The number of carbonyl (C=O) groups excluding carboxylic acids is 1. The zero-order valence-electron chi connectivity index (χ0n) is 15.5. The number of amides is 1. The van der Waals surface area contributed by atoms with Gasteiger partial charge in [0.25, 0.3) is 5.91 Å². The van der Waals surface area contributed by atoms with Crippen molar-refractivity contribution in [1.82, 2.24) is 14.8 Å². The summed E-state index contributed by atoms with van der Waals surface area (Å²) in [4.78, 5) is 14.7. The Labute approximate surface area is 163 Å². The number of carbonyl (C=O) groups is 1. The van der Waals surface area contributed by atoms with Gasteiger partial charge in [-0.05, 0) is 44.4 Å². The number of likely N-dealkylation sites (N-methyl/N-ethyl adjacent to an activating group) is 1. The molecule has 0 bridgehead atoms. The van der Waals surface area contributed by atoms with E-state index in [-0.39, 0.29) is 11.9 Å². The standard InChI is InChI=1S/C20H22ClN3O3/c1-23(2)17(18-7-6-10-27-18)13-22-20(25)14-11-15(21)16(12-19(14)26-3)24-8-4-5-9-24/h4-12,17H,13H2,1-3H3,(H,22,25). The van der Waals surface area contributed by atoms with Crippen LogP contribution >= 0.6 is 11.6 Å². The second-order valence-corrected chi connectivity index (χ2v) is 6.71. The maximum absolute atomic E-state index is 12.8. The third-order valence-corrected chi connectivity index (χ3v) is 4.65. The molecule has 0 fully saturated rings. The average molecular weight is 388 g/mol. The maximum atomic E-state index is 12.8. The Morgan fingerprint density at radius 2 is 2.04 bits per heavy atom. The highest BCUT2D eigenvalue weighted by atomic mass is 35.5. The van der Waals surface area contributed by atoms with Crippen LogP contribution in [0.4, 0.5) is 0 Å². The molecule has 2 heterocycles. The topological polar surface area (TPSA) is 59.6 Å². The molecule has 1 amide bonds. The molecule has 1 unspecified atom stereocenters. The van der Waals surface area contributed by atoms with E-state index in [0.29, 0.717) is 22.9 Å². The lowest BCUT2D eigenvalue weighted by atomic mass is 10.1. The minimum absolute atomic E-state index is 0.0791. The van der Waals surface area contributed by atoms with Gasteiger partial charge in [0, 0.05) is 25.0 Å². The number of nitrogens with one attached hydrogen (secondary N) is 1. The van der Waals surface area contributed by atoms with E-state index in [0.717, 1.165) is 11.4 Å². The van der Waals surface area contributed by atoms with Gasteiger partial charge in [0.1, 0.15) is 11.5 Å². The molecule has 0 aliphatic heterocycles. The zero-order chi connectivity index (χ0) is 19.4. The summed E-state index contributed by atoms with van der Waals surface area (Å²) in [6, 6.07) is 10.8. The third kappa shape index (κ3) is 4.18. The molecule has 27 heavy (non-hydrogen) atoms. The Kier molecular flexibility index (Phi) is 5.88. The quantitative estimate of drug-likeness (QED) is 0.670. The van der Waals surface area contributed by atoms with Crippen LogP contribution in [0.2, 0.25) is 5.02 Å². The highest BCUT2D eigenvalue weighted by Crippen LogP contribution is 2.30. The number of hydrogen-bond acceptors (Lipinski definition) is 4. The van der Waals surface area contributed by atoms with Gasteiger partial charge in [-0.3, -0.25) is 9.69 Å². The SMILES string of the molecule is COc1cc(-n2cccc2)c(Cl)cc1C(=O)NCC(c1ccco1)N(C)C. The number of nitrogens with zero attached hydrogens (tertiary/aromatic N) is 2. The van der Waals surface area contributed by atoms with Crippen LogP contribution in [0.3, 0.4) is 0 Å². The summed E-state index contributed by atoms with van der Waals surface area (Å²) in [6.07, 6.45) is 5.38. The highest BCUT2D eigenvalue weighted by Gasteiger charge is 2.21. The largest absolute Gasteiger partial charge is 0.496 e. The van der Waals surface area contributed by atoms with E-state index >= 15 is 0 Å². The summed E-state index contributed by atoms with van der Waals surface area (Å²) in [7, 11) is 5.40. The minimum atomic E-state index is -0.258. The van der Waals surface area contributed by atoms with Gasteiger partial charge in [0.05, 0.1) is 35.7 Å². The van der Waals surface area contributed by atoms with Crippen molar-refractivity contribution in [2.24, 2.45) is 0 Å². The molecule has 3 aromatic rings. The molecule has 7 heteroatoms. The fraction of sp³-hybridized carbons (Fsp3) is 0.250. The first-order valence-corrected chi connectivity index (χ1v) is 8.88. The summed E-state index contributed by atoms with van der Waals surface area (Å²) in [5.41, 5.74) is 1.13. The molecule has 0 aliphatic rings. The summed E-state index contributed by atoms with van der Waals surface area (Å²) in [6.45, 7) is 0.388. The molecule has 1 N–H and O–H groups in total. The van der Waals surface area contributed by atoms with Crippen LogP contribution in [0.15, 0.2) is 59.5 Å². The lowest BCUT2D eigenvalue weighted by Crippen LogP contribution is -2.34. The van der Waals surface area contributed by atoms with E-state index in [1.165, 1.54) is 7.11 Å². The van der Waals surface area contributed by atoms with Gasteiger partial charge < -0.3 is 19.0 Å². The summed E-state index contributed by atoms with van der Waals surface area (Å²) in [5.74, 6) is 0.986. The lowest BCUT2D eigenvalue weighted by Gasteiger charge is -2.23. The molecular formula is C20H22ClN3O3. The Morgan fingerprint density at radius 1 is 1.30 bits per heavy atom. The molecule has 6 nitrogen and oxygen atoms in total. The van der Waals surface area contributed by atoms with Crippen LogP contribution in [-0.2, 0) is 0 Å². The summed E-state index contributed by atoms with van der Waals surface area (Å²) >= 11 is 6.41. The molecule has 3 rings (SSSR count). The molecule has 0 spiro atoms. The van der Waals surface area contributed by atoms with Crippen LogP contribution in [0.1, 0.15) is 22.2 Å². The minimum Gasteiger partial charge on any atom is -0.496 e. The molecular weight excluding hydrogens is 366 g/mol. The molecule has 1 atom stereocenters. The van der Waals surface area contributed by atoms with Gasteiger partial charge in [-0.1, -0.05) is 11.6 Å². The monoisotopic (exact) mass is 387 g/mol. The normalized spacial score (nSPS) is 12.2. The molecule has 0 saturated heterocycles. The number of benzene rings is 1. The van der Waals surface area contributed by atoms with Crippen molar-refractivity contribution in [3.8, 4) is 11.4 Å². The number of ether oxygens (including phenoxy) is 1. The fourth-order valence-electron chi connectivity index (χ4n) is 2.89. The number of rotatable bonds is 7. The van der Waals surface area contributed by atoms with Gasteiger partial charge in [-0.15, -0.1) is 0 Å². The van der Waals surface area contributed by atoms with Crippen molar-refractivity contribution >= 4 is 17.5 Å². The van der Waals surface area contributed by atoms with E-state index in [2.05, 4.69) is 5.32 Å². The second-order valence-electron chi connectivity index (χ2n) is 6.30. The van der Waals surface area contributed by atoms with Crippen LogP contribution in [0.25, 0.3) is 5.69 Å². The van der Waals surface area contributed by atoms with Crippen molar-refractivity contribution in [3.05, 3.63) is 71.4 Å². The highest BCUT2D eigenvalue weighted by molar-refractivity contribution is 6.33. The molecule has 0 aliphatic carbocycles. The Morgan fingerprint density at radius 3 is 2.63 bits per heavy atom. The Bertz CT molecular complexity index is 890. The van der Waals surface area contributed by atoms with Crippen molar-refractivity contribution in [2.45, 2.75) is 6.04 Å². The van der Waals surface area contributed by atoms with E-state index in [9.17, 15) is 4.79 Å². The van der Waals surface area contributed by atoms with E-state index in [1.54, 1.807) is 18.4 Å². The van der Waals surface area contributed by atoms with Gasteiger partial charge in [0.15, 0.2) is 0 Å². The fourth-order valence-corrected chi connectivity index (χ4v) is 3.15. The first kappa shape index (κ1) is 19.1. The van der Waals surface area contributed by atoms with Crippen molar-refractivity contribution in [3.63, 3.8) is 0 Å². The molecule has 0 radical (unpaired) electrons. The lowest BCUT2D eigenvalue weighted by molar-refractivity contribution is 0.0936. The van der Waals surface area contributed by atoms with Crippen LogP contribution < -0.4 is 10.1 Å². The van der Waals surface area contributed by atoms with Crippen LogP contribution in [0.5, 0.6) is 5.75 Å². The van der Waals surface area contributed by atoms with E-state index in [1.807, 2.05) is 60.2 Å². The predicted molar refractivity (Wildman–Crippen MR) is 105 cm³/mol. The number of aromatic nitrogens is 1. The molecule has 1 aromatic carbocycles. The zero-order valence-corrected chi connectivity index (χ0v) is 16.2. The predicted octanol–water partition coefficient (Wildman–Crippen LogP) is 3.77. The van der Waals surface area contributed by atoms with Gasteiger partial charge in [-0.25, -0.2) is 0 Å². The first-order chi connectivity index (χ1) is 13.0. The van der Waals surface area contributed by atoms with Crippen molar-refractivity contribution < 1.29 is 13.9 Å². The van der Waals surface area contributed by atoms with Crippen molar-refractivity contribution in [1.29, 1.82) is 0 Å². The third-order valence-electron chi connectivity index (χ3n) is 4.35. The number of hydrogen-bond donors (Lipinski definition) is 1. The number of furan rings is 1. The smallest absolute Gasteiger partial charge is 0.255 e.